The fourth-order valence-corrected chi connectivity index (χ4v) is 5.10. The number of methoxy groups -OCH3 is 2. The van der Waals surface area contributed by atoms with Crippen molar-refractivity contribution in [2.24, 2.45) is 0 Å². The molecule has 1 saturated heterocycles. The molecule has 37 heavy (non-hydrogen) atoms. The molecule has 0 saturated carbocycles. The Balaban J connectivity index is 1.62. The van der Waals surface area contributed by atoms with Crippen molar-refractivity contribution < 1.29 is 23.8 Å². The van der Waals surface area contributed by atoms with Crippen LogP contribution >= 0.6 is 0 Å². The molecule has 1 fully saturated rings. The van der Waals surface area contributed by atoms with Crippen LogP contribution in [0.4, 0.5) is 10.5 Å². The van der Waals surface area contributed by atoms with Crippen molar-refractivity contribution in [2.75, 3.05) is 58.5 Å². The van der Waals surface area contributed by atoms with E-state index in [9.17, 15) is 9.59 Å². The largest absolute Gasteiger partial charge is 0.493 e. The van der Waals surface area contributed by atoms with E-state index in [0.717, 1.165) is 26.2 Å². The Morgan fingerprint density at radius 2 is 1.81 bits per heavy atom. The molecule has 2 aliphatic heterocycles. The van der Waals surface area contributed by atoms with Gasteiger partial charge in [0.25, 0.3) is 0 Å². The minimum Gasteiger partial charge on any atom is -0.493 e. The van der Waals surface area contributed by atoms with Crippen molar-refractivity contribution in [1.29, 1.82) is 0 Å². The van der Waals surface area contributed by atoms with Gasteiger partial charge >= 0.3 is 12.0 Å². The third kappa shape index (κ3) is 5.67. The summed E-state index contributed by atoms with van der Waals surface area (Å²) in [7, 11) is 3.09. The Morgan fingerprint density at radius 1 is 1.05 bits per heavy atom. The molecule has 0 aromatic heterocycles. The van der Waals surface area contributed by atoms with E-state index in [0.29, 0.717) is 34.9 Å². The minimum atomic E-state index is -0.746. The standard InChI is InChI=1S/C28H36N4O5/c1-6-37-27(33)24-21(17-31-12-14-32(15-13-31)22-11-10-18(2)16-19(22)3)29-28(34)30-25(24)20-8-7-9-23(35-4)26(20)36-5/h7-11,16,25H,6,12-15,17H2,1-5H3,(H2,29,30,34)/t25-/m1/s1. The highest BCUT2D eigenvalue weighted by Crippen LogP contribution is 2.39. The van der Waals surface area contributed by atoms with Crippen molar-refractivity contribution in [2.45, 2.75) is 26.8 Å². The highest BCUT2D eigenvalue weighted by molar-refractivity contribution is 5.95. The molecular formula is C28H36N4O5. The number of rotatable bonds is 8. The van der Waals surface area contributed by atoms with Crippen LogP contribution in [0.5, 0.6) is 11.5 Å². The third-order valence-corrected chi connectivity index (χ3v) is 6.84. The zero-order valence-corrected chi connectivity index (χ0v) is 22.2. The predicted octanol–water partition coefficient (Wildman–Crippen LogP) is 3.31. The number of anilines is 1. The summed E-state index contributed by atoms with van der Waals surface area (Å²) < 4.78 is 16.5. The van der Waals surface area contributed by atoms with Crippen LogP contribution < -0.4 is 25.0 Å². The Labute approximate surface area is 218 Å². The molecule has 1 atom stereocenters. The normalized spacial score (nSPS) is 18.2. The molecule has 0 radical (unpaired) electrons. The molecule has 0 unspecified atom stereocenters. The first-order chi connectivity index (χ1) is 17.9. The maximum absolute atomic E-state index is 13.2. The molecule has 2 N–H and O–H groups in total. The van der Waals surface area contributed by atoms with Gasteiger partial charge in [-0.15, -0.1) is 0 Å². The first-order valence-corrected chi connectivity index (χ1v) is 12.6. The van der Waals surface area contributed by atoms with E-state index in [1.54, 1.807) is 26.2 Å². The number of carbonyl (C=O) groups is 2. The Hall–Kier alpha value is -3.72. The van der Waals surface area contributed by atoms with Gasteiger partial charge in [-0.1, -0.05) is 29.8 Å². The van der Waals surface area contributed by atoms with Gasteiger partial charge < -0.3 is 29.7 Å². The van der Waals surface area contributed by atoms with Gasteiger partial charge in [0.1, 0.15) is 0 Å². The monoisotopic (exact) mass is 508 g/mol. The maximum atomic E-state index is 13.2. The molecule has 9 heteroatoms. The second-order valence-electron chi connectivity index (χ2n) is 9.28. The SMILES string of the molecule is CCOC(=O)C1=C(CN2CCN(c3ccc(C)cc3C)CC2)NC(=O)N[C@@H]1c1cccc(OC)c1OC. The van der Waals surface area contributed by atoms with E-state index in [1.807, 2.05) is 6.07 Å². The molecule has 2 aromatic rings. The lowest BCUT2D eigenvalue weighted by Crippen LogP contribution is -2.52. The second-order valence-corrected chi connectivity index (χ2v) is 9.28. The van der Waals surface area contributed by atoms with Gasteiger partial charge in [0.2, 0.25) is 0 Å². The van der Waals surface area contributed by atoms with Gasteiger partial charge in [-0.25, -0.2) is 9.59 Å². The number of hydrogen-bond donors (Lipinski definition) is 2. The van der Waals surface area contributed by atoms with Crippen LogP contribution in [0.1, 0.15) is 29.7 Å². The van der Waals surface area contributed by atoms with Crippen LogP contribution in [0.2, 0.25) is 0 Å². The average Bonchev–Trinajstić information content (AvgIpc) is 2.88. The van der Waals surface area contributed by atoms with Crippen LogP contribution in [-0.4, -0.2) is 70.5 Å². The van der Waals surface area contributed by atoms with E-state index in [1.165, 1.54) is 23.9 Å². The van der Waals surface area contributed by atoms with Gasteiger partial charge in [0.15, 0.2) is 11.5 Å². The number of hydrogen-bond acceptors (Lipinski definition) is 7. The molecule has 2 aromatic carbocycles. The third-order valence-electron chi connectivity index (χ3n) is 6.84. The first-order valence-electron chi connectivity index (χ1n) is 12.6. The van der Waals surface area contributed by atoms with E-state index in [-0.39, 0.29) is 12.6 Å². The summed E-state index contributed by atoms with van der Waals surface area (Å²) in [6.07, 6.45) is 0. The average molecular weight is 509 g/mol. The van der Waals surface area contributed by atoms with E-state index < -0.39 is 12.0 Å². The van der Waals surface area contributed by atoms with Crippen molar-refractivity contribution in [3.05, 3.63) is 64.4 Å². The van der Waals surface area contributed by atoms with E-state index in [2.05, 4.69) is 52.5 Å². The highest BCUT2D eigenvalue weighted by atomic mass is 16.5. The van der Waals surface area contributed by atoms with Crippen molar-refractivity contribution in [1.82, 2.24) is 15.5 Å². The number of aryl methyl sites for hydroxylation is 2. The van der Waals surface area contributed by atoms with Crippen molar-refractivity contribution >= 4 is 17.7 Å². The van der Waals surface area contributed by atoms with Gasteiger partial charge in [-0.2, -0.15) is 0 Å². The summed E-state index contributed by atoms with van der Waals surface area (Å²) in [5, 5.41) is 5.76. The molecule has 0 aliphatic carbocycles. The van der Waals surface area contributed by atoms with Crippen LogP contribution in [-0.2, 0) is 9.53 Å². The van der Waals surface area contributed by atoms with Gasteiger partial charge in [-0.05, 0) is 38.5 Å². The van der Waals surface area contributed by atoms with E-state index in [4.69, 9.17) is 14.2 Å². The number of benzene rings is 2. The summed E-state index contributed by atoms with van der Waals surface area (Å²) in [6.45, 7) is 9.95. The van der Waals surface area contributed by atoms with Crippen LogP contribution in [0.15, 0.2) is 47.7 Å². The van der Waals surface area contributed by atoms with Gasteiger partial charge in [-0.3, -0.25) is 4.90 Å². The molecule has 0 bridgehead atoms. The van der Waals surface area contributed by atoms with Crippen LogP contribution in [0, 0.1) is 13.8 Å². The van der Waals surface area contributed by atoms with Crippen molar-refractivity contribution in [3.8, 4) is 11.5 Å². The zero-order valence-electron chi connectivity index (χ0n) is 22.2. The van der Waals surface area contributed by atoms with Crippen LogP contribution in [0.25, 0.3) is 0 Å². The topological polar surface area (TPSA) is 92.4 Å². The second kappa shape index (κ2) is 11.6. The molecule has 2 heterocycles. The number of ether oxygens (including phenoxy) is 3. The molecule has 2 aliphatic rings. The molecular weight excluding hydrogens is 472 g/mol. The van der Waals surface area contributed by atoms with Crippen molar-refractivity contribution in [3.63, 3.8) is 0 Å². The number of carbonyl (C=O) groups excluding carboxylic acids is 2. The molecule has 0 spiro atoms. The number of para-hydroxylation sites is 1. The Kier molecular flexibility index (Phi) is 8.23. The first kappa shape index (κ1) is 26.3. The highest BCUT2D eigenvalue weighted by Gasteiger charge is 2.36. The molecule has 9 nitrogen and oxygen atoms in total. The molecule has 198 valence electrons. The molecule has 4 rings (SSSR count). The zero-order chi connectivity index (χ0) is 26.5. The summed E-state index contributed by atoms with van der Waals surface area (Å²) in [4.78, 5) is 30.6. The lowest BCUT2D eigenvalue weighted by molar-refractivity contribution is -0.139. The predicted molar refractivity (Wildman–Crippen MR) is 142 cm³/mol. The summed E-state index contributed by atoms with van der Waals surface area (Å²) in [5.41, 5.74) is 5.29. The fourth-order valence-electron chi connectivity index (χ4n) is 5.10. The fraction of sp³-hybridized carbons (Fsp3) is 0.429. The summed E-state index contributed by atoms with van der Waals surface area (Å²) in [6, 6.07) is 10.8. The number of amides is 2. The summed E-state index contributed by atoms with van der Waals surface area (Å²) in [5.74, 6) is 0.495. The van der Waals surface area contributed by atoms with E-state index >= 15 is 0 Å². The quantitative estimate of drug-likeness (QED) is 0.529. The lowest BCUT2D eigenvalue weighted by atomic mass is 9.93. The number of nitrogens with zero attached hydrogens (tertiary/aromatic N) is 2. The minimum absolute atomic E-state index is 0.222. The number of nitrogens with one attached hydrogen (secondary N) is 2. The van der Waals surface area contributed by atoms with Crippen LogP contribution in [0.3, 0.4) is 0 Å². The Morgan fingerprint density at radius 3 is 2.46 bits per heavy atom. The number of piperazine rings is 1. The van der Waals surface area contributed by atoms with Gasteiger partial charge in [0.05, 0.1) is 32.4 Å². The summed E-state index contributed by atoms with van der Waals surface area (Å²) >= 11 is 0. The maximum Gasteiger partial charge on any atom is 0.338 e. The van der Waals surface area contributed by atoms with Gasteiger partial charge in [0, 0.05) is 49.7 Å². The Bertz CT molecular complexity index is 1190. The number of urea groups is 1. The lowest BCUT2D eigenvalue weighted by Gasteiger charge is -2.38. The molecule has 2 amide bonds. The smallest absolute Gasteiger partial charge is 0.338 e. The number of esters is 1.